The fraction of sp³-hybridized carbons (Fsp3) is 0.667. The Balaban J connectivity index is 2.85. The molecule has 0 atom stereocenters. The molecule has 1 heterocycles. The van der Waals surface area contributed by atoms with E-state index in [4.69, 9.17) is 0 Å². The maximum Gasteiger partial charge on any atom is 0.0580 e. The molecular weight excluding hydrogens is 122 g/mol. The van der Waals surface area contributed by atoms with Crippen LogP contribution in [0.5, 0.6) is 0 Å². The third-order valence-corrected chi connectivity index (χ3v) is 1.73. The van der Waals surface area contributed by atoms with E-state index >= 15 is 0 Å². The van der Waals surface area contributed by atoms with Crippen LogP contribution in [0.15, 0.2) is 16.6 Å². The van der Waals surface area contributed by atoms with Gasteiger partial charge in [0.15, 0.2) is 0 Å². The zero-order chi connectivity index (χ0) is 7.78. The maximum absolute atomic E-state index is 4.41. The van der Waals surface area contributed by atoms with Gasteiger partial charge < -0.3 is 0 Å². The average Bonchev–Trinajstić information content (AvgIpc) is 2.11. The second-order valence-electron chi connectivity index (χ2n) is 3.83. The Kier molecular flexibility index (Phi) is 1.67. The monoisotopic (exact) mass is 137 g/mol. The molecule has 0 bridgehead atoms. The molecule has 1 aliphatic heterocycles. The minimum absolute atomic E-state index is 0.233. The largest absolute Gasteiger partial charge is 0.285 e. The van der Waals surface area contributed by atoms with Crippen LogP contribution < -0.4 is 0 Å². The lowest BCUT2D eigenvalue weighted by atomic mass is 9.87. The van der Waals surface area contributed by atoms with Gasteiger partial charge >= 0.3 is 0 Å². The van der Waals surface area contributed by atoms with Crippen molar-refractivity contribution < 1.29 is 0 Å². The molecule has 0 spiro atoms. The Morgan fingerprint density at radius 3 is 2.20 bits per heavy atom. The molecule has 10 heavy (non-hydrogen) atoms. The molecule has 1 heteroatoms. The lowest BCUT2D eigenvalue weighted by molar-refractivity contribution is 0.591. The summed E-state index contributed by atoms with van der Waals surface area (Å²) < 4.78 is 0. The Morgan fingerprint density at radius 2 is 2.00 bits per heavy atom. The van der Waals surface area contributed by atoms with Gasteiger partial charge in [0.05, 0.1) is 6.54 Å². The van der Waals surface area contributed by atoms with Gasteiger partial charge in [0.25, 0.3) is 0 Å². The topological polar surface area (TPSA) is 12.4 Å². The number of aliphatic imine (C=N–C) groups is 1. The molecule has 0 unspecified atom stereocenters. The first kappa shape index (κ1) is 7.52. The normalized spacial score (nSPS) is 18.8. The Labute approximate surface area is 62.9 Å². The number of hydrogen-bond donors (Lipinski definition) is 0. The standard InChI is InChI=1S/C9H15N/c1-7-5-6-10-8(7)9(2,3)4/h5H,6H2,1-4H3. The Morgan fingerprint density at radius 1 is 1.40 bits per heavy atom. The summed E-state index contributed by atoms with van der Waals surface area (Å²) in [7, 11) is 0. The molecule has 0 amide bonds. The highest BCUT2D eigenvalue weighted by Gasteiger charge is 2.21. The summed E-state index contributed by atoms with van der Waals surface area (Å²) in [5, 5.41) is 0. The Bertz CT molecular complexity index is 191. The van der Waals surface area contributed by atoms with Crippen LogP contribution in [0.4, 0.5) is 0 Å². The molecule has 1 rings (SSSR count). The first-order valence-corrected chi connectivity index (χ1v) is 3.74. The van der Waals surface area contributed by atoms with E-state index in [1.165, 1.54) is 11.3 Å². The molecule has 0 aromatic carbocycles. The van der Waals surface area contributed by atoms with Crippen LogP contribution in [0.1, 0.15) is 27.7 Å². The summed E-state index contributed by atoms with van der Waals surface area (Å²) in [6, 6.07) is 0. The smallest absolute Gasteiger partial charge is 0.0580 e. The van der Waals surface area contributed by atoms with Crippen molar-refractivity contribution in [2.24, 2.45) is 10.4 Å². The van der Waals surface area contributed by atoms with Crippen LogP contribution in [0, 0.1) is 5.41 Å². The summed E-state index contributed by atoms with van der Waals surface area (Å²) >= 11 is 0. The van der Waals surface area contributed by atoms with E-state index in [1.807, 2.05) is 0 Å². The molecule has 0 radical (unpaired) electrons. The van der Waals surface area contributed by atoms with Gasteiger partial charge in [-0.15, -0.1) is 0 Å². The number of rotatable bonds is 0. The molecular formula is C9H15N. The van der Waals surface area contributed by atoms with E-state index < -0.39 is 0 Å². The van der Waals surface area contributed by atoms with Crippen molar-refractivity contribution in [1.29, 1.82) is 0 Å². The number of allylic oxidation sites excluding steroid dienone is 1. The van der Waals surface area contributed by atoms with Gasteiger partial charge in [0.2, 0.25) is 0 Å². The molecule has 0 aromatic heterocycles. The third-order valence-electron chi connectivity index (χ3n) is 1.73. The van der Waals surface area contributed by atoms with Crippen LogP contribution in [-0.4, -0.2) is 12.3 Å². The van der Waals surface area contributed by atoms with Crippen molar-refractivity contribution in [1.82, 2.24) is 0 Å². The summed E-state index contributed by atoms with van der Waals surface area (Å²) in [4.78, 5) is 4.41. The number of nitrogens with zero attached hydrogens (tertiary/aromatic N) is 1. The zero-order valence-electron chi connectivity index (χ0n) is 7.23. The van der Waals surface area contributed by atoms with Crippen molar-refractivity contribution in [3.05, 3.63) is 11.6 Å². The second-order valence-corrected chi connectivity index (χ2v) is 3.83. The highest BCUT2D eigenvalue weighted by molar-refractivity contribution is 6.04. The van der Waals surface area contributed by atoms with Gasteiger partial charge in [-0.1, -0.05) is 26.8 Å². The van der Waals surface area contributed by atoms with Gasteiger partial charge in [-0.05, 0) is 12.5 Å². The fourth-order valence-corrected chi connectivity index (χ4v) is 1.32. The molecule has 0 saturated heterocycles. The highest BCUT2D eigenvalue weighted by Crippen LogP contribution is 2.23. The van der Waals surface area contributed by atoms with Crippen LogP contribution in [0.25, 0.3) is 0 Å². The SMILES string of the molecule is CC1=CCN=C1C(C)(C)C. The first-order valence-electron chi connectivity index (χ1n) is 3.74. The van der Waals surface area contributed by atoms with E-state index in [2.05, 4.69) is 38.8 Å². The van der Waals surface area contributed by atoms with Crippen molar-refractivity contribution in [3.8, 4) is 0 Å². The van der Waals surface area contributed by atoms with E-state index in [0.717, 1.165) is 6.54 Å². The molecule has 56 valence electrons. The van der Waals surface area contributed by atoms with Crippen LogP contribution in [0.3, 0.4) is 0 Å². The molecule has 0 aliphatic carbocycles. The molecule has 0 aromatic rings. The van der Waals surface area contributed by atoms with Gasteiger partial charge in [-0.3, -0.25) is 4.99 Å². The second kappa shape index (κ2) is 2.22. The highest BCUT2D eigenvalue weighted by atomic mass is 14.8. The van der Waals surface area contributed by atoms with Crippen LogP contribution >= 0.6 is 0 Å². The van der Waals surface area contributed by atoms with Gasteiger partial charge in [-0.2, -0.15) is 0 Å². The average molecular weight is 137 g/mol. The lowest BCUT2D eigenvalue weighted by Gasteiger charge is -2.19. The summed E-state index contributed by atoms with van der Waals surface area (Å²) in [5.74, 6) is 0. The zero-order valence-corrected chi connectivity index (χ0v) is 7.23. The van der Waals surface area contributed by atoms with E-state index in [1.54, 1.807) is 0 Å². The lowest BCUT2D eigenvalue weighted by Crippen LogP contribution is -2.19. The van der Waals surface area contributed by atoms with E-state index in [0.29, 0.717) is 0 Å². The number of hydrogen-bond acceptors (Lipinski definition) is 1. The van der Waals surface area contributed by atoms with Crippen molar-refractivity contribution in [2.45, 2.75) is 27.7 Å². The predicted octanol–water partition coefficient (Wildman–Crippen LogP) is 2.43. The minimum atomic E-state index is 0.233. The molecule has 1 nitrogen and oxygen atoms in total. The fourth-order valence-electron chi connectivity index (χ4n) is 1.32. The third kappa shape index (κ3) is 1.28. The molecule has 0 fully saturated rings. The van der Waals surface area contributed by atoms with Crippen molar-refractivity contribution >= 4 is 5.71 Å². The molecule has 1 aliphatic rings. The van der Waals surface area contributed by atoms with Gasteiger partial charge in [0.1, 0.15) is 0 Å². The van der Waals surface area contributed by atoms with Crippen molar-refractivity contribution in [2.75, 3.05) is 6.54 Å². The van der Waals surface area contributed by atoms with E-state index in [-0.39, 0.29) is 5.41 Å². The summed E-state index contributed by atoms with van der Waals surface area (Å²) in [6.07, 6.45) is 2.18. The maximum atomic E-state index is 4.41. The first-order chi connectivity index (χ1) is 4.52. The minimum Gasteiger partial charge on any atom is -0.285 e. The van der Waals surface area contributed by atoms with Crippen LogP contribution in [0.2, 0.25) is 0 Å². The summed E-state index contributed by atoms with van der Waals surface area (Å²) in [6.45, 7) is 9.63. The molecule has 0 N–H and O–H groups in total. The van der Waals surface area contributed by atoms with Crippen LogP contribution in [-0.2, 0) is 0 Å². The quantitative estimate of drug-likeness (QED) is 0.486. The molecule has 0 saturated carbocycles. The van der Waals surface area contributed by atoms with Gasteiger partial charge in [0, 0.05) is 11.1 Å². The van der Waals surface area contributed by atoms with E-state index in [9.17, 15) is 0 Å². The van der Waals surface area contributed by atoms with Gasteiger partial charge in [-0.25, -0.2) is 0 Å². The van der Waals surface area contributed by atoms with Crippen molar-refractivity contribution in [3.63, 3.8) is 0 Å². The predicted molar refractivity (Wildman–Crippen MR) is 45.5 cm³/mol. The summed E-state index contributed by atoms with van der Waals surface area (Å²) in [5.41, 5.74) is 2.86. The Hall–Kier alpha value is -0.590.